The average molecular weight is 458 g/mol. The van der Waals surface area contributed by atoms with Crippen LogP contribution in [0.5, 0.6) is 11.5 Å². The molecule has 2 aliphatic rings. The molecule has 0 amide bonds. The van der Waals surface area contributed by atoms with Gasteiger partial charge in [0.25, 0.3) is 0 Å². The molecule has 0 aromatic heterocycles. The number of Topliss-reactive ketones (excluding diaryl/α,β-unsaturated/α-hetero) is 1. The lowest BCUT2D eigenvalue weighted by Crippen LogP contribution is -2.43. The van der Waals surface area contributed by atoms with Gasteiger partial charge >= 0.3 is 11.9 Å². The van der Waals surface area contributed by atoms with Crippen LogP contribution in [0, 0.1) is 11.8 Å². The van der Waals surface area contributed by atoms with E-state index in [1.807, 2.05) is 13.8 Å². The van der Waals surface area contributed by atoms with Gasteiger partial charge < -0.3 is 24.6 Å². The highest BCUT2D eigenvalue weighted by Crippen LogP contribution is 2.46. The van der Waals surface area contributed by atoms with Crippen molar-refractivity contribution in [3.8, 4) is 11.5 Å². The van der Waals surface area contributed by atoms with E-state index in [0.717, 1.165) is 0 Å². The molecule has 0 saturated carbocycles. The molecule has 4 atom stereocenters. The van der Waals surface area contributed by atoms with Crippen molar-refractivity contribution in [2.75, 3.05) is 14.2 Å². The number of hydrogen-bond donors (Lipinski definition) is 2. The first kappa shape index (κ1) is 24.4. The zero-order valence-electron chi connectivity index (χ0n) is 19.9. The third kappa shape index (κ3) is 4.47. The third-order valence-electron chi connectivity index (χ3n) is 6.38. The number of ketones is 1. The number of dihydropyridines is 1. The number of allylic oxidation sites excluding steroid dienone is 3. The molecular formula is C25H31NO7. The number of aromatic hydroxyl groups is 1. The fraction of sp³-hybridized carbons (Fsp3) is 0.480. The molecule has 0 bridgehead atoms. The van der Waals surface area contributed by atoms with Crippen LogP contribution in [0.15, 0.2) is 40.7 Å². The van der Waals surface area contributed by atoms with Crippen molar-refractivity contribution in [2.24, 2.45) is 11.8 Å². The van der Waals surface area contributed by atoms with E-state index in [2.05, 4.69) is 5.32 Å². The molecule has 2 N–H and O–H groups in total. The normalized spacial score (nSPS) is 23.5. The predicted molar refractivity (Wildman–Crippen MR) is 120 cm³/mol. The Morgan fingerprint density at radius 1 is 1.27 bits per heavy atom. The summed E-state index contributed by atoms with van der Waals surface area (Å²) in [7, 11) is 2.68. The lowest BCUT2D eigenvalue weighted by Gasteiger charge is -2.38. The van der Waals surface area contributed by atoms with E-state index in [1.165, 1.54) is 20.3 Å². The first-order valence-electron chi connectivity index (χ1n) is 11.0. The van der Waals surface area contributed by atoms with E-state index in [9.17, 15) is 19.5 Å². The average Bonchev–Trinajstić information content (AvgIpc) is 2.77. The Kier molecular flexibility index (Phi) is 7.15. The lowest BCUT2D eigenvalue weighted by atomic mass is 9.69. The van der Waals surface area contributed by atoms with Crippen LogP contribution in [0.2, 0.25) is 0 Å². The highest BCUT2D eigenvalue weighted by molar-refractivity contribution is 6.12. The summed E-state index contributed by atoms with van der Waals surface area (Å²) in [6.07, 6.45) is 0.767. The molecule has 1 heterocycles. The van der Waals surface area contributed by atoms with Gasteiger partial charge in [0.05, 0.1) is 25.9 Å². The van der Waals surface area contributed by atoms with Gasteiger partial charge in [-0.1, -0.05) is 19.9 Å². The third-order valence-corrected chi connectivity index (χ3v) is 6.38. The molecule has 0 fully saturated rings. The van der Waals surface area contributed by atoms with Crippen LogP contribution in [-0.4, -0.2) is 43.2 Å². The number of hydrogen-bond acceptors (Lipinski definition) is 8. The van der Waals surface area contributed by atoms with Crippen LogP contribution in [-0.2, 0) is 23.9 Å². The molecule has 178 valence electrons. The maximum absolute atomic E-state index is 13.7. The van der Waals surface area contributed by atoms with Crippen molar-refractivity contribution in [3.63, 3.8) is 0 Å². The largest absolute Gasteiger partial charge is 0.504 e. The number of ether oxygens (including phenoxy) is 3. The van der Waals surface area contributed by atoms with Gasteiger partial charge in [0.15, 0.2) is 17.3 Å². The van der Waals surface area contributed by atoms with E-state index in [4.69, 9.17) is 14.2 Å². The standard InChI is InChI=1S/C25H31NO7/c1-7-13(3)33-25(30)20-14(4)26-16-10-12(2)19(24(29)32-6)23(28)22(16)21(20)15-8-9-17(27)18(11-15)31-5/h8-9,11-13,19,21,26-27H,7,10H2,1-6H3/t12-,13+,19-,21+/m1/s1. The highest BCUT2D eigenvalue weighted by Gasteiger charge is 2.47. The van der Waals surface area contributed by atoms with Gasteiger partial charge in [-0.2, -0.15) is 0 Å². The summed E-state index contributed by atoms with van der Waals surface area (Å²) in [6, 6.07) is 4.69. The Bertz CT molecular complexity index is 1040. The second kappa shape index (κ2) is 9.68. The van der Waals surface area contributed by atoms with Crippen LogP contribution in [0.1, 0.15) is 52.0 Å². The minimum atomic E-state index is -0.970. The van der Waals surface area contributed by atoms with E-state index < -0.39 is 23.8 Å². The molecule has 1 aliphatic carbocycles. The minimum Gasteiger partial charge on any atom is -0.504 e. The SMILES string of the molecule is CC[C@H](C)OC(=O)C1=C(C)NC2=C(C(=O)[C@H](C(=O)OC)[C@H](C)C2)[C@H]1c1ccc(O)c(OC)c1. The summed E-state index contributed by atoms with van der Waals surface area (Å²) in [6.45, 7) is 7.31. The summed E-state index contributed by atoms with van der Waals surface area (Å²) < 4.78 is 15.8. The molecule has 0 saturated heterocycles. The number of rotatable bonds is 6. The molecule has 0 radical (unpaired) electrons. The molecule has 8 heteroatoms. The van der Waals surface area contributed by atoms with E-state index >= 15 is 0 Å². The van der Waals surface area contributed by atoms with Crippen LogP contribution in [0.4, 0.5) is 0 Å². The molecule has 1 aromatic carbocycles. The fourth-order valence-electron chi connectivity index (χ4n) is 4.49. The topological polar surface area (TPSA) is 111 Å². The first-order chi connectivity index (χ1) is 15.6. The highest BCUT2D eigenvalue weighted by atomic mass is 16.5. The number of phenolic OH excluding ortho intramolecular Hbond substituents is 1. The number of carbonyl (C=O) groups is 3. The number of carbonyl (C=O) groups excluding carboxylic acids is 3. The van der Waals surface area contributed by atoms with Crippen LogP contribution in [0.3, 0.4) is 0 Å². The lowest BCUT2D eigenvalue weighted by molar-refractivity contribution is -0.151. The smallest absolute Gasteiger partial charge is 0.337 e. The van der Waals surface area contributed by atoms with Gasteiger partial charge in [-0.25, -0.2) is 4.79 Å². The van der Waals surface area contributed by atoms with Crippen LogP contribution < -0.4 is 10.1 Å². The van der Waals surface area contributed by atoms with E-state index in [0.29, 0.717) is 35.4 Å². The Morgan fingerprint density at radius 3 is 2.58 bits per heavy atom. The molecule has 8 nitrogen and oxygen atoms in total. The quantitative estimate of drug-likeness (QED) is 0.494. The fourth-order valence-corrected chi connectivity index (χ4v) is 4.49. The Labute approximate surface area is 193 Å². The summed E-state index contributed by atoms with van der Waals surface area (Å²) in [5.74, 6) is -3.42. The van der Waals surface area contributed by atoms with Gasteiger partial charge in [0.1, 0.15) is 5.92 Å². The van der Waals surface area contributed by atoms with Crippen molar-refractivity contribution in [1.82, 2.24) is 5.32 Å². The maximum atomic E-state index is 13.7. The van der Waals surface area contributed by atoms with Gasteiger partial charge in [0.2, 0.25) is 0 Å². The van der Waals surface area contributed by atoms with Crippen molar-refractivity contribution < 1.29 is 33.7 Å². The molecule has 33 heavy (non-hydrogen) atoms. The number of benzene rings is 1. The molecular weight excluding hydrogens is 426 g/mol. The van der Waals surface area contributed by atoms with Crippen LogP contribution >= 0.6 is 0 Å². The van der Waals surface area contributed by atoms with E-state index in [1.54, 1.807) is 26.0 Å². The van der Waals surface area contributed by atoms with Crippen molar-refractivity contribution >= 4 is 17.7 Å². The summed E-state index contributed by atoms with van der Waals surface area (Å²) in [4.78, 5) is 39.4. The molecule has 1 aromatic rings. The van der Waals surface area contributed by atoms with Gasteiger partial charge in [0, 0.05) is 22.9 Å². The van der Waals surface area contributed by atoms with Gasteiger partial charge in [-0.3, -0.25) is 9.59 Å². The number of phenols is 1. The second-order valence-electron chi connectivity index (χ2n) is 8.59. The van der Waals surface area contributed by atoms with Crippen molar-refractivity contribution in [2.45, 2.75) is 52.6 Å². The number of esters is 2. The molecule has 0 unspecified atom stereocenters. The Hall–Kier alpha value is -3.29. The Morgan fingerprint density at radius 2 is 1.97 bits per heavy atom. The number of methoxy groups -OCH3 is 2. The monoisotopic (exact) mass is 457 g/mol. The van der Waals surface area contributed by atoms with Crippen molar-refractivity contribution in [3.05, 3.63) is 46.3 Å². The first-order valence-corrected chi connectivity index (χ1v) is 11.0. The van der Waals surface area contributed by atoms with Crippen LogP contribution in [0.25, 0.3) is 0 Å². The summed E-state index contributed by atoms with van der Waals surface area (Å²) >= 11 is 0. The Balaban J connectivity index is 2.20. The predicted octanol–water partition coefficient (Wildman–Crippen LogP) is 3.36. The van der Waals surface area contributed by atoms with E-state index in [-0.39, 0.29) is 34.9 Å². The summed E-state index contributed by atoms with van der Waals surface area (Å²) in [5, 5.41) is 13.3. The zero-order valence-corrected chi connectivity index (χ0v) is 19.9. The maximum Gasteiger partial charge on any atom is 0.337 e. The number of nitrogens with one attached hydrogen (secondary N) is 1. The zero-order chi connectivity index (χ0) is 24.4. The molecule has 3 rings (SSSR count). The minimum absolute atomic E-state index is 0.0650. The van der Waals surface area contributed by atoms with Crippen molar-refractivity contribution in [1.29, 1.82) is 0 Å². The second-order valence-corrected chi connectivity index (χ2v) is 8.59. The van der Waals surface area contributed by atoms with Gasteiger partial charge in [-0.15, -0.1) is 0 Å². The van der Waals surface area contributed by atoms with Gasteiger partial charge in [-0.05, 0) is 50.3 Å². The summed E-state index contributed by atoms with van der Waals surface area (Å²) in [5.41, 5.74) is 2.43. The molecule has 0 spiro atoms. The molecule has 1 aliphatic heterocycles.